The third kappa shape index (κ3) is 16.6. The van der Waals surface area contributed by atoms with Crippen molar-refractivity contribution in [3.8, 4) is 11.4 Å². The first-order valence-electron chi connectivity index (χ1n) is 29.7. The number of nitrogens with zero attached hydrogens (tertiary/aromatic N) is 4. The molecule has 464 valence electrons. The molecule has 8 N–H and O–H groups in total. The number of carbonyl (C=O) groups excluding carboxylic acids is 3. The van der Waals surface area contributed by atoms with E-state index in [1.54, 1.807) is 74.8 Å². The molecule has 2 aliphatic carbocycles. The Hall–Kier alpha value is -7.87. The molecule has 88 heavy (non-hydrogen) atoms. The number of halogens is 3. The molecule has 10 rings (SSSR count). The highest BCUT2D eigenvalue weighted by Gasteiger charge is 2.41. The maximum Gasteiger partial charge on any atom is 0.407 e. The van der Waals surface area contributed by atoms with E-state index < -0.39 is 62.0 Å². The van der Waals surface area contributed by atoms with Crippen LogP contribution in [0.15, 0.2) is 158 Å². The summed E-state index contributed by atoms with van der Waals surface area (Å²) in [4.78, 5) is 39.5. The second-order valence-electron chi connectivity index (χ2n) is 24.9. The van der Waals surface area contributed by atoms with E-state index in [-0.39, 0.29) is 36.0 Å². The summed E-state index contributed by atoms with van der Waals surface area (Å²) >= 11 is 0. The number of anilines is 2. The van der Waals surface area contributed by atoms with Gasteiger partial charge in [-0.3, -0.25) is 9.59 Å². The predicted molar refractivity (Wildman–Crippen MR) is 347 cm³/mol. The van der Waals surface area contributed by atoms with Crippen LogP contribution in [-0.2, 0) is 39.9 Å². The summed E-state index contributed by atoms with van der Waals surface area (Å²) in [5, 5.41) is 17.4. The van der Waals surface area contributed by atoms with Crippen molar-refractivity contribution in [1.82, 2.24) is 29.6 Å². The van der Waals surface area contributed by atoms with E-state index in [9.17, 15) is 23.0 Å². The molecule has 0 saturated heterocycles. The number of nitrogens with two attached hydrogens (primary N) is 2. The van der Waals surface area contributed by atoms with Crippen molar-refractivity contribution < 1.29 is 32.1 Å². The highest BCUT2D eigenvalue weighted by molar-refractivity contribution is 7.84. The fourth-order valence-electron chi connectivity index (χ4n) is 10.5. The number of alkyl carbamates (subject to hydrolysis) is 1. The monoisotopic (exact) mass is 1230 g/mol. The molecule has 2 fully saturated rings. The number of carbonyl (C=O) groups is 3. The van der Waals surface area contributed by atoms with Gasteiger partial charge in [0.2, 0.25) is 0 Å². The maximum atomic E-state index is 15.6. The van der Waals surface area contributed by atoms with Gasteiger partial charge in [0, 0.05) is 13.1 Å². The Morgan fingerprint density at radius 3 is 1.58 bits per heavy atom. The van der Waals surface area contributed by atoms with Crippen molar-refractivity contribution in [2.45, 2.75) is 141 Å². The minimum atomic E-state index is -1.46. The van der Waals surface area contributed by atoms with Crippen LogP contribution in [0, 0.1) is 37.3 Å². The molecular formula is C69H81ClF2N10O5S. The topological polar surface area (TPSA) is 213 Å². The number of nitrogens with one attached hydrogen (secondary N) is 4. The molecule has 2 unspecified atom stereocenters. The van der Waals surface area contributed by atoms with Crippen LogP contribution < -0.4 is 32.1 Å². The number of hydrogen-bond donors (Lipinski definition) is 6. The molecule has 0 radical (unpaired) electrons. The fraction of sp³-hybridized carbons (Fsp3) is 0.348. The van der Waals surface area contributed by atoms with Crippen LogP contribution in [0.25, 0.3) is 11.4 Å². The van der Waals surface area contributed by atoms with E-state index >= 15 is 4.39 Å². The van der Waals surface area contributed by atoms with Gasteiger partial charge in [-0.1, -0.05) is 123 Å². The zero-order valence-electron chi connectivity index (χ0n) is 51.3. The highest BCUT2D eigenvalue weighted by Crippen LogP contribution is 2.44. The van der Waals surface area contributed by atoms with Gasteiger partial charge in [-0.15, -0.1) is 12.4 Å². The Labute approximate surface area is 523 Å². The Bertz CT molecular complexity index is 3770. The van der Waals surface area contributed by atoms with Crippen LogP contribution in [0.4, 0.5) is 25.0 Å². The number of rotatable bonds is 21. The summed E-state index contributed by atoms with van der Waals surface area (Å²) in [5.41, 5.74) is 18.7. The number of hydrogen-bond acceptors (Lipinski definition) is 9. The lowest BCUT2D eigenvalue weighted by Gasteiger charge is -2.38. The Kier molecular flexibility index (Phi) is 21.1. The molecule has 15 nitrogen and oxygen atoms in total. The van der Waals surface area contributed by atoms with E-state index in [1.165, 1.54) is 29.7 Å². The average molecular weight is 1240 g/mol. The number of aromatic nitrogens is 4. The molecule has 3 amide bonds. The van der Waals surface area contributed by atoms with Crippen molar-refractivity contribution in [3.05, 3.63) is 226 Å². The van der Waals surface area contributed by atoms with Crippen LogP contribution >= 0.6 is 12.4 Å². The first kappa shape index (κ1) is 66.1. The second-order valence-corrected chi connectivity index (χ2v) is 26.9. The van der Waals surface area contributed by atoms with Gasteiger partial charge < -0.3 is 32.2 Å². The van der Waals surface area contributed by atoms with E-state index in [1.807, 2.05) is 131 Å². The summed E-state index contributed by atoms with van der Waals surface area (Å²) in [5.74, 6) is -0.836. The van der Waals surface area contributed by atoms with Crippen molar-refractivity contribution >= 4 is 52.7 Å². The molecular weight excluding hydrogens is 1150 g/mol. The van der Waals surface area contributed by atoms with Gasteiger partial charge in [-0.25, -0.2) is 31.9 Å². The Morgan fingerprint density at radius 1 is 0.602 bits per heavy atom. The van der Waals surface area contributed by atoms with Gasteiger partial charge in [0.1, 0.15) is 28.6 Å². The minimum Gasteiger partial charge on any atom is -0.444 e. The largest absolute Gasteiger partial charge is 0.444 e. The van der Waals surface area contributed by atoms with Crippen molar-refractivity contribution in [2.24, 2.45) is 23.3 Å². The summed E-state index contributed by atoms with van der Waals surface area (Å²) in [7, 11) is -1.46. The van der Waals surface area contributed by atoms with Crippen LogP contribution in [0.5, 0.6) is 0 Å². The van der Waals surface area contributed by atoms with Gasteiger partial charge >= 0.3 is 6.09 Å². The SMILES string of the molecule is Cc1cc(C(=O)Nc2cc(C(CCC3CC3)(N[S@](=O)C(C)(C)C)c3ccccc3)ccc2F)n(-c2cccc(CNC(=O)OC(C)(C)C)c2)n1.Cc1cc(C(=O)Nc2cc(C(N)(CCC3CC3)c3ccccc3)ccc2F)n(-c2cccc(CN)c2)n1.Cl. The Morgan fingerprint density at radius 2 is 1.08 bits per heavy atom. The lowest BCUT2D eigenvalue weighted by atomic mass is 9.79. The lowest BCUT2D eigenvalue weighted by molar-refractivity contribution is 0.0523. The van der Waals surface area contributed by atoms with Crippen molar-refractivity contribution in [1.29, 1.82) is 0 Å². The molecule has 0 aliphatic heterocycles. The summed E-state index contributed by atoms with van der Waals surface area (Å²) in [6.45, 7) is 15.3. The molecule has 0 bridgehead atoms. The smallest absolute Gasteiger partial charge is 0.407 e. The van der Waals surface area contributed by atoms with Crippen LogP contribution in [0.3, 0.4) is 0 Å². The van der Waals surface area contributed by atoms with Gasteiger partial charge in [0.15, 0.2) is 0 Å². The summed E-state index contributed by atoms with van der Waals surface area (Å²) < 4.78 is 55.6. The quantitative estimate of drug-likeness (QED) is 0.0403. The van der Waals surface area contributed by atoms with E-state index in [0.29, 0.717) is 58.8 Å². The van der Waals surface area contributed by atoms with Gasteiger partial charge in [-0.05, 0) is 187 Å². The zero-order chi connectivity index (χ0) is 62.3. The summed E-state index contributed by atoms with van der Waals surface area (Å²) in [6.07, 6.45) is 7.55. The van der Waals surface area contributed by atoms with Crippen LogP contribution in [0.2, 0.25) is 0 Å². The summed E-state index contributed by atoms with van der Waals surface area (Å²) in [6, 6.07) is 47.3. The highest BCUT2D eigenvalue weighted by atomic mass is 35.5. The van der Waals surface area contributed by atoms with Gasteiger partial charge in [0.25, 0.3) is 11.8 Å². The maximum absolute atomic E-state index is 15.6. The van der Waals surface area contributed by atoms with Crippen molar-refractivity contribution in [3.63, 3.8) is 0 Å². The van der Waals surface area contributed by atoms with Gasteiger partial charge in [0.05, 0.1) is 60.9 Å². The molecule has 2 aliphatic rings. The molecule has 0 spiro atoms. The molecule has 6 aromatic carbocycles. The first-order valence-corrected chi connectivity index (χ1v) is 30.9. The van der Waals surface area contributed by atoms with E-state index in [2.05, 4.69) is 30.9 Å². The van der Waals surface area contributed by atoms with Crippen LogP contribution in [-0.4, -0.2) is 52.0 Å². The van der Waals surface area contributed by atoms with E-state index in [0.717, 1.165) is 59.9 Å². The normalized spacial score (nSPS) is 14.9. The first-order chi connectivity index (χ1) is 41.4. The number of aryl methyl sites for hydroxylation is 2. The lowest BCUT2D eigenvalue weighted by Crippen LogP contribution is -2.49. The third-order valence-corrected chi connectivity index (χ3v) is 17.2. The molecule has 8 aromatic rings. The predicted octanol–water partition coefficient (Wildman–Crippen LogP) is 13.9. The average Bonchev–Trinajstić information content (AvgIpc) is 1.85. The van der Waals surface area contributed by atoms with Crippen LogP contribution in [0.1, 0.15) is 159 Å². The van der Waals surface area contributed by atoms with Gasteiger partial charge in [-0.2, -0.15) is 10.2 Å². The Balaban J connectivity index is 0.000000235. The zero-order valence-corrected chi connectivity index (χ0v) is 52.9. The molecule has 19 heteroatoms. The molecule has 2 saturated carbocycles. The second kappa shape index (κ2) is 28.1. The molecule has 3 atom stereocenters. The number of amides is 3. The molecule has 2 aromatic heterocycles. The molecule has 2 heterocycles. The standard InChI is InChI=1S/C39H48FN5O4S.C30H32FN5O.ClH/c1-26-22-34(45(43-26)31-15-11-12-28(23-31)25-41-36(47)49-37(2,3)4)35(46)42-33-24-30(18-19-32(33)40)39(21-20-27-16-17-27,29-13-9-8-10-14-29)44-50(48)38(5,6)7;1-20-16-28(36(35-20)25-9-5-6-22(17-25)19-32)29(37)34-27-18-24(12-13-26(27)31)30(33,15-14-21-10-11-21)23-7-3-2-4-8-23;/h8-15,18-19,22-24,27,44H,16-17,20-21,25H2,1-7H3,(H,41,47)(H,42,46);2-9,12-13,16-18,21H,10-11,14-15,19,32-33H2,1H3,(H,34,37);1H/t39?,50-;;/m1../s1. The third-order valence-electron chi connectivity index (χ3n) is 15.6. The number of ether oxygens (including phenoxy) is 1. The fourth-order valence-corrected chi connectivity index (χ4v) is 11.5. The minimum absolute atomic E-state index is 0. The number of benzene rings is 6. The van der Waals surface area contributed by atoms with Crippen molar-refractivity contribution in [2.75, 3.05) is 10.6 Å². The van der Waals surface area contributed by atoms with E-state index in [4.69, 9.17) is 16.2 Å².